The SMILES string of the molecule is CC(CCc1ccc(Sc2ccccc2)cc1)CC(=O)O. The number of rotatable bonds is 7. The lowest BCUT2D eigenvalue weighted by Crippen LogP contribution is -2.05. The van der Waals surface area contributed by atoms with Crippen LogP contribution in [0.25, 0.3) is 0 Å². The molecular formula is C18H20O2S. The minimum atomic E-state index is -0.711. The van der Waals surface area contributed by atoms with E-state index in [2.05, 4.69) is 36.4 Å². The summed E-state index contributed by atoms with van der Waals surface area (Å²) in [6.07, 6.45) is 2.10. The van der Waals surface area contributed by atoms with E-state index in [1.807, 2.05) is 25.1 Å². The molecule has 2 aromatic carbocycles. The van der Waals surface area contributed by atoms with Gasteiger partial charge in [-0.15, -0.1) is 0 Å². The quantitative estimate of drug-likeness (QED) is 0.791. The molecular weight excluding hydrogens is 280 g/mol. The molecule has 2 nitrogen and oxygen atoms in total. The molecule has 0 aliphatic heterocycles. The van der Waals surface area contributed by atoms with Crippen molar-refractivity contribution in [2.24, 2.45) is 5.92 Å². The molecule has 0 aliphatic carbocycles. The van der Waals surface area contributed by atoms with E-state index in [4.69, 9.17) is 5.11 Å². The standard InChI is InChI=1S/C18H20O2S/c1-14(13-18(19)20)7-8-15-9-11-17(12-10-15)21-16-5-3-2-4-6-16/h2-6,9-12,14H,7-8,13H2,1H3,(H,19,20). The number of carboxylic acids is 1. The molecule has 0 fully saturated rings. The summed E-state index contributed by atoms with van der Waals surface area (Å²) in [5, 5.41) is 8.75. The minimum absolute atomic E-state index is 0.223. The van der Waals surface area contributed by atoms with Crippen LogP contribution in [0.3, 0.4) is 0 Å². The van der Waals surface area contributed by atoms with Crippen molar-refractivity contribution in [2.45, 2.75) is 36.0 Å². The van der Waals surface area contributed by atoms with Gasteiger partial charge in [0.15, 0.2) is 0 Å². The van der Waals surface area contributed by atoms with Crippen molar-refractivity contribution >= 4 is 17.7 Å². The third kappa shape index (κ3) is 5.64. The van der Waals surface area contributed by atoms with Crippen LogP contribution in [-0.4, -0.2) is 11.1 Å². The number of hydrogen-bond donors (Lipinski definition) is 1. The molecule has 0 saturated carbocycles. The molecule has 2 aromatic rings. The maximum absolute atomic E-state index is 10.6. The van der Waals surface area contributed by atoms with Gasteiger partial charge in [0.2, 0.25) is 0 Å². The lowest BCUT2D eigenvalue weighted by atomic mass is 9.98. The summed E-state index contributed by atoms with van der Waals surface area (Å²) in [5.74, 6) is -0.488. The highest BCUT2D eigenvalue weighted by Crippen LogP contribution is 2.27. The molecule has 110 valence electrons. The van der Waals surface area contributed by atoms with Crippen LogP contribution in [0.2, 0.25) is 0 Å². The topological polar surface area (TPSA) is 37.3 Å². The van der Waals surface area contributed by atoms with Crippen LogP contribution in [0.5, 0.6) is 0 Å². The Hall–Kier alpha value is -1.74. The van der Waals surface area contributed by atoms with Gasteiger partial charge < -0.3 is 5.11 Å². The highest BCUT2D eigenvalue weighted by atomic mass is 32.2. The zero-order valence-electron chi connectivity index (χ0n) is 12.2. The molecule has 0 saturated heterocycles. The van der Waals surface area contributed by atoms with Gasteiger partial charge in [0.1, 0.15) is 0 Å². The molecule has 0 spiro atoms. The Morgan fingerprint density at radius 1 is 1.05 bits per heavy atom. The fourth-order valence-corrected chi connectivity index (χ4v) is 3.00. The predicted octanol–water partition coefficient (Wildman–Crippen LogP) is 4.88. The first kappa shape index (κ1) is 15.6. The minimum Gasteiger partial charge on any atom is -0.481 e. The average Bonchev–Trinajstić information content (AvgIpc) is 2.47. The molecule has 2 rings (SSSR count). The number of hydrogen-bond acceptors (Lipinski definition) is 2. The smallest absolute Gasteiger partial charge is 0.303 e. The van der Waals surface area contributed by atoms with E-state index in [-0.39, 0.29) is 12.3 Å². The molecule has 0 bridgehead atoms. The largest absolute Gasteiger partial charge is 0.481 e. The van der Waals surface area contributed by atoms with Crippen LogP contribution >= 0.6 is 11.8 Å². The van der Waals surface area contributed by atoms with Crippen LogP contribution in [0.4, 0.5) is 0 Å². The fourth-order valence-electron chi connectivity index (χ4n) is 2.16. The first-order valence-electron chi connectivity index (χ1n) is 7.17. The average molecular weight is 300 g/mol. The number of aryl methyl sites for hydroxylation is 1. The van der Waals surface area contributed by atoms with E-state index < -0.39 is 5.97 Å². The van der Waals surface area contributed by atoms with Crippen molar-refractivity contribution in [3.8, 4) is 0 Å². The van der Waals surface area contributed by atoms with E-state index in [1.54, 1.807) is 11.8 Å². The third-order valence-electron chi connectivity index (χ3n) is 3.35. The van der Waals surface area contributed by atoms with Gasteiger partial charge in [-0.2, -0.15) is 0 Å². The molecule has 0 amide bonds. The number of benzene rings is 2. The molecule has 3 heteroatoms. The molecule has 1 N–H and O–H groups in total. The van der Waals surface area contributed by atoms with Gasteiger partial charge in [0, 0.05) is 16.2 Å². The van der Waals surface area contributed by atoms with E-state index in [9.17, 15) is 4.79 Å². The van der Waals surface area contributed by atoms with Gasteiger partial charge in [-0.25, -0.2) is 0 Å². The van der Waals surface area contributed by atoms with E-state index in [1.165, 1.54) is 15.4 Å². The van der Waals surface area contributed by atoms with Gasteiger partial charge in [0.25, 0.3) is 0 Å². The van der Waals surface area contributed by atoms with Crippen molar-refractivity contribution < 1.29 is 9.90 Å². The van der Waals surface area contributed by atoms with Gasteiger partial charge in [-0.1, -0.05) is 49.0 Å². The summed E-state index contributed by atoms with van der Waals surface area (Å²) in [7, 11) is 0. The van der Waals surface area contributed by atoms with Gasteiger partial charge >= 0.3 is 5.97 Å². The zero-order valence-corrected chi connectivity index (χ0v) is 13.0. The maximum Gasteiger partial charge on any atom is 0.303 e. The molecule has 1 unspecified atom stereocenters. The Labute approximate surface area is 130 Å². The summed E-state index contributed by atoms with van der Waals surface area (Å²) in [4.78, 5) is 13.1. The van der Waals surface area contributed by atoms with Crippen molar-refractivity contribution in [1.29, 1.82) is 0 Å². The molecule has 0 heterocycles. The molecule has 0 radical (unpaired) electrons. The third-order valence-corrected chi connectivity index (χ3v) is 4.37. The highest BCUT2D eigenvalue weighted by Gasteiger charge is 2.07. The Morgan fingerprint density at radius 3 is 2.29 bits per heavy atom. The second-order valence-electron chi connectivity index (χ2n) is 5.30. The normalized spacial score (nSPS) is 12.0. The van der Waals surface area contributed by atoms with Crippen LogP contribution in [0.15, 0.2) is 64.4 Å². The summed E-state index contributed by atoms with van der Waals surface area (Å²) >= 11 is 1.75. The fraction of sp³-hybridized carbons (Fsp3) is 0.278. The first-order valence-corrected chi connectivity index (χ1v) is 7.99. The van der Waals surface area contributed by atoms with Crippen LogP contribution in [-0.2, 0) is 11.2 Å². The van der Waals surface area contributed by atoms with Crippen molar-refractivity contribution in [3.63, 3.8) is 0 Å². The summed E-state index contributed by atoms with van der Waals surface area (Å²) < 4.78 is 0. The maximum atomic E-state index is 10.6. The lowest BCUT2D eigenvalue weighted by Gasteiger charge is -2.09. The lowest BCUT2D eigenvalue weighted by molar-refractivity contribution is -0.138. The van der Waals surface area contributed by atoms with Crippen LogP contribution < -0.4 is 0 Å². The van der Waals surface area contributed by atoms with E-state index in [0.717, 1.165) is 12.8 Å². The predicted molar refractivity (Wildman–Crippen MR) is 86.7 cm³/mol. The molecule has 0 aliphatic rings. The number of carbonyl (C=O) groups is 1. The first-order chi connectivity index (χ1) is 10.1. The molecule has 21 heavy (non-hydrogen) atoms. The number of carboxylic acid groups (broad SMARTS) is 1. The Balaban J connectivity index is 1.86. The second kappa shape index (κ2) is 7.89. The summed E-state index contributed by atoms with van der Waals surface area (Å²) in [5.41, 5.74) is 1.27. The molecule has 1 atom stereocenters. The van der Waals surface area contributed by atoms with Crippen LogP contribution in [0, 0.1) is 5.92 Å². The summed E-state index contributed by atoms with van der Waals surface area (Å²) in [6, 6.07) is 18.9. The Kier molecular flexibility index (Phi) is 5.88. The van der Waals surface area contributed by atoms with Gasteiger partial charge in [0.05, 0.1) is 0 Å². The highest BCUT2D eigenvalue weighted by molar-refractivity contribution is 7.99. The van der Waals surface area contributed by atoms with E-state index >= 15 is 0 Å². The van der Waals surface area contributed by atoms with Crippen molar-refractivity contribution in [1.82, 2.24) is 0 Å². The zero-order chi connectivity index (χ0) is 15.1. The van der Waals surface area contributed by atoms with E-state index in [0.29, 0.717) is 0 Å². The Morgan fingerprint density at radius 2 is 1.67 bits per heavy atom. The second-order valence-corrected chi connectivity index (χ2v) is 6.45. The van der Waals surface area contributed by atoms with Crippen LogP contribution in [0.1, 0.15) is 25.3 Å². The van der Waals surface area contributed by atoms with Gasteiger partial charge in [-0.3, -0.25) is 4.79 Å². The number of aliphatic carboxylic acids is 1. The van der Waals surface area contributed by atoms with Crippen molar-refractivity contribution in [2.75, 3.05) is 0 Å². The van der Waals surface area contributed by atoms with Gasteiger partial charge in [-0.05, 0) is 48.6 Å². The molecule has 0 aromatic heterocycles. The monoisotopic (exact) mass is 300 g/mol. The summed E-state index contributed by atoms with van der Waals surface area (Å²) in [6.45, 7) is 1.99. The Bertz CT molecular complexity index is 564. The van der Waals surface area contributed by atoms with Crippen molar-refractivity contribution in [3.05, 3.63) is 60.2 Å².